The smallest absolute Gasteiger partial charge is 0.223 e. The van der Waals surface area contributed by atoms with Gasteiger partial charge in [0.25, 0.3) is 0 Å². The number of benzene rings is 1. The zero-order valence-electron chi connectivity index (χ0n) is 12.9. The summed E-state index contributed by atoms with van der Waals surface area (Å²) in [6.07, 6.45) is 1.69. The topological polar surface area (TPSA) is 78.8 Å². The summed E-state index contributed by atoms with van der Waals surface area (Å²) in [5.41, 5.74) is 10.1. The van der Waals surface area contributed by atoms with E-state index in [4.69, 9.17) is 22.1 Å². The fourth-order valence-electron chi connectivity index (χ4n) is 2.68. The first-order valence-electron chi connectivity index (χ1n) is 6.88. The second-order valence-corrected chi connectivity index (χ2v) is 6.39. The van der Waals surface area contributed by atoms with Gasteiger partial charge in [-0.1, -0.05) is 27.5 Å². The third-order valence-electron chi connectivity index (χ3n) is 3.68. The van der Waals surface area contributed by atoms with Crippen LogP contribution in [-0.2, 0) is 6.54 Å². The van der Waals surface area contributed by atoms with Crippen molar-refractivity contribution in [1.82, 2.24) is 19.5 Å². The van der Waals surface area contributed by atoms with E-state index in [0.29, 0.717) is 17.7 Å². The molecule has 2 aromatic heterocycles. The third-order valence-corrected chi connectivity index (χ3v) is 5.05. The van der Waals surface area contributed by atoms with Crippen LogP contribution >= 0.6 is 27.5 Å². The number of halogens is 2. The first kappa shape index (κ1) is 16.0. The fourth-order valence-corrected chi connectivity index (χ4v) is 3.32. The van der Waals surface area contributed by atoms with E-state index in [1.165, 1.54) is 0 Å². The van der Waals surface area contributed by atoms with Crippen LogP contribution in [0.25, 0.3) is 11.2 Å². The Bertz CT molecular complexity index is 909. The number of nitrogens with zero attached hydrogens (tertiary/aromatic N) is 4. The summed E-state index contributed by atoms with van der Waals surface area (Å²) in [5, 5.41) is 0.257. The van der Waals surface area contributed by atoms with Gasteiger partial charge < -0.3 is 15.0 Å². The summed E-state index contributed by atoms with van der Waals surface area (Å²) >= 11 is 9.71. The molecule has 0 aliphatic carbocycles. The molecule has 0 aliphatic rings. The summed E-state index contributed by atoms with van der Waals surface area (Å²) < 4.78 is 8.33. The van der Waals surface area contributed by atoms with Gasteiger partial charge in [-0.2, -0.15) is 9.97 Å². The van der Waals surface area contributed by atoms with Crippen LogP contribution in [0.4, 0.5) is 5.95 Å². The average molecular weight is 397 g/mol. The molecule has 0 aliphatic heterocycles. The summed E-state index contributed by atoms with van der Waals surface area (Å²) in [7, 11) is 1.67. The van der Waals surface area contributed by atoms with Crippen molar-refractivity contribution >= 4 is 44.6 Å². The highest BCUT2D eigenvalue weighted by Crippen LogP contribution is 2.33. The van der Waals surface area contributed by atoms with Gasteiger partial charge in [0.1, 0.15) is 11.3 Å². The zero-order chi connectivity index (χ0) is 16.7. The molecule has 2 N–H and O–H groups in total. The Morgan fingerprint density at radius 1 is 1.35 bits per heavy atom. The van der Waals surface area contributed by atoms with Crippen LogP contribution in [0.15, 0.2) is 16.9 Å². The van der Waals surface area contributed by atoms with Gasteiger partial charge in [-0.25, -0.2) is 4.98 Å². The predicted octanol–water partition coefficient (Wildman–Crippen LogP) is 3.50. The van der Waals surface area contributed by atoms with Crippen LogP contribution in [0.1, 0.15) is 16.7 Å². The Balaban J connectivity index is 2.10. The minimum absolute atomic E-state index is 0.130. The van der Waals surface area contributed by atoms with Crippen molar-refractivity contribution in [1.29, 1.82) is 0 Å². The van der Waals surface area contributed by atoms with E-state index < -0.39 is 0 Å². The molecule has 6 nitrogen and oxygen atoms in total. The van der Waals surface area contributed by atoms with Gasteiger partial charge in [0.05, 0.1) is 20.0 Å². The SMILES string of the molecule is COc1c(C)cc(Cn2cnc3c(Cl)nc(N)nc32)c(Br)c1C. The zero-order valence-corrected chi connectivity index (χ0v) is 15.2. The molecule has 8 heteroatoms. The first-order chi connectivity index (χ1) is 10.9. The van der Waals surface area contributed by atoms with Gasteiger partial charge in [0.15, 0.2) is 10.8 Å². The van der Waals surface area contributed by atoms with Gasteiger partial charge in [-0.15, -0.1) is 0 Å². The van der Waals surface area contributed by atoms with Crippen molar-refractivity contribution in [2.75, 3.05) is 12.8 Å². The van der Waals surface area contributed by atoms with E-state index in [1.54, 1.807) is 13.4 Å². The molecule has 23 heavy (non-hydrogen) atoms. The number of imidazole rings is 1. The van der Waals surface area contributed by atoms with E-state index in [1.807, 2.05) is 18.4 Å². The molecule has 3 aromatic rings. The number of hydrogen-bond donors (Lipinski definition) is 1. The lowest BCUT2D eigenvalue weighted by atomic mass is 10.1. The van der Waals surface area contributed by atoms with Gasteiger partial charge in [0.2, 0.25) is 5.95 Å². The standard InChI is InChI=1S/C15H15BrClN5O/c1-7-4-9(10(16)8(2)12(7)23-3)5-22-6-19-11-13(17)20-15(18)21-14(11)22/h4,6H,5H2,1-3H3,(H2,18,20,21). The van der Waals surface area contributed by atoms with Crippen molar-refractivity contribution < 1.29 is 4.74 Å². The molecular formula is C15H15BrClN5O. The van der Waals surface area contributed by atoms with Crippen LogP contribution < -0.4 is 10.5 Å². The Hall–Kier alpha value is -1.86. The minimum Gasteiger partial charge on any atom is -0.496 e. The molecule has 0 fully saturated rings. The second kappa shape index (κ2) is 5.98. The second-order valence-electron chi connectivity index (χ2n) is 5.24. The first-order valence-corrected chi connectivity index (χ1v) is 8.06. The van der Waals surface area contributed by atoms with E-state index >= 15 is 0 Å². The fraction of sp³-hybridized carbons (Fsp3) is 0.267. The Kier molecular flexibility index (Phi) is 4.16. The van der Waals surface area contributed by atoms with Crippen LogP contribution in [-0.4, -0.2) is 26.6 Å². The van der Waals surface area contributed by atoms with Crippen molar-refractivity contribution in [3.8, 4) is 5.75 Å². The number of nitrogens with two attached hydrogens (primary N) is 1. The number of aromatic nitrogens is 4. The molecule has 0 amide bonds. The molecule has 1 aromatic carbocycles. The molecule has 0 spiro atoms. The van der Waals surface area contributed by atoms with Crippen LogP contribution in [0.3, 0.4) is 0 Å². The number of ether oxygens (including phenoxy) is 1. The molecule has 120 valence electrons. The molecular weight excluding hydrogens is 382 g/mol. The average Bonchev–Trinajstić information content (AvgIpc) is 2.88. The number of hydrogen-bond acceptors (Lipinski definition) is 5. The summed E-state index contributed by atoms with van der Waals surface area (Å²) in [4.78, 5) is 12.4. The molecule has 0 atom stereocenters. The molecule has 2 heterocycles. The Morgan fingerprint density at radius 3 is 2.78 bits per heavy atom. The summed E-state index contributed by atoms with van der Waals surface area (Å²) in [5.74, 6) is 1.01. The normalized spacial score (nSPS) is 11.2. The lowest BCUT2D eigenvalue weighted by Crippen LogP contribution is -2.04. The maximum atomic E-state index is 6.07. The molecule has 0 saturated carbocycles. The highest BCUT2D eigenvalue weighted by molar-refractivity contribution is 9.10. The Morgan fingerprint density at radius 2 is 2.09 bits per heavy atom. The molecule has 0 bridgehead atoms. The quantitative estimate of drug-likeness (QED) is 0.686. The van der Waals surface area contributed by atoms with Gasteiger partial charge in [-0.05, 0) is 31.0 Å². The minimum atomic E-state index is 0.130. The number of methoxy groups -OCH3 is 1. The Labute approximate surface area is 146 Å². The lowest BCUT2D eigenvalue weighted by Gasteiger charge is -2.15. The summed E-state index contributed by atoms with van der Waals surface area (Å²) in [6, 6.07) is 2.08. The van der Waals surface area contributed by atoms with E-state index in [0.717, 1.165) is 26.9 Å². The monoisotopic (exact) mass is 395 g/mol. The van der Waals surface area contributed by atoms with Crippen LogP contribution in [0.2, 0.25) is 5.15 Å². The third kappa shape index (κ3) is 2.74. The number of aryl methyl sites for hydroxylation is 1. The number of nitrogen functional groups attached to an aromatic ring is 1. The number of fused-ring (bicyclic) bond motifs is 1. The van der Waals surface area contributed by atoms with Crippen molar-refractivity contribution in [3.05, 3.63) is 38.7 Å². The molecule has 0 unspecified atom stereocenters. The van der Waals surface area contributed by atoms with Crippen LogP contribution in [0, 0.1) is 13.8 Å². The molecule has 0 radical (unpaired) electrons. The maximum absolute atomic E-state index is 6.07. The highest BCUT2D eigenvalue weighted by atomic mass is 79.9. The predicted molar refractivity (Wildman–Crippen MR) is 94.0 cm³/mol. The van der Waals surface area contributed by atoms with Crippen molar-refractivity contribution in [2.45, 2.75) is 20.4 Å². The van der Waals surface area contributed by atoms with Crippen molar-refractivity contribution in [2.24, 2.45) is 0 Å². The largest absolute Gasteiger partial charge is 0.496 e. The maximum Gasteiger partial charge on any atom is 0.223 e. The van der Waals surface area contributed by atoms with Gasteiger partial charge >= 0.3 is 0 Å². The molecule has 0 saturated heterocycles. The van der Waals surface area contributed by atoms with Crippen LogP contribution in [0.5, 0.6) is 5.75 Å². The van der Waals surface area contributed by atoms with Crippen molar-refractivity contribution in [3.63, 3.8) is 0 Å². The van der Waals surface area contributed by atoms with Gasteiger partial charge in [0, 0.05) is 10.0 Å². The summed E-state index contributed by atoms with van der Waals surface area (Å²) in [6.45, 7) is 4.61. The van der Waals surface area contributed by atoms with Gasteiger partial charge in [-0.3, -0.25) is 0 Å². The molecule has 3 rings (SSSR count). The lowest BCUT2D eigenvalue weighted by molar-refractivity contribution is 0.408. The number of anilines is 1. The van der Waals surface area contributed by atoms with E-state index in [9.17, 15) is 0 Å². The number of rotatable bonds is 3. The van der Waals surface area contributed by atoms with E-state index in [-0.39, 0.29) is 11.1 Å². The van der Waals surface area contributed by atoms with E-state index in [2.05, 4.69) is 36.9 Å². The highest BCUT2D eigenvalue weighted by Gasteiger charge is 2.15.